The van der Waals surface area contributed by atoms with Crippen LogP contribution in [0.1, 0.15) is 42.8 Å². The lowest BCUT2D eigenvalue weighted by atomic mass is 10.2. The van der Waals surface area contributed by atoms with Gasteiger partial charge in [0.1, 0.15) is 17.8 Å². The quantitative estimate of drug-likeness (QED) is 0.331. The molecule has 0 amide bonds. The summed E-state index contributed by atoms with van der Waals surface area (Å²) in [6.45, 7) is 12.2. The van der Waals surface area contributed by atoms with Crippen LogP contribution in [0.5, 0.6) is 5.75 Å². The lowest BCUT2D eigenvalue weighted by Crippen LogP contribution is -1.90. The summed E-state index contributed by atoms with van der Waals surface area (Å²) in [6, 6.07) is 11.9. The second-order valence-electron chi connectivity index (χ2n) is 7.28. The van der Waals surface area contributed by atoms with Gasteiger partial charge in [0.2, 0.25) is 0 Å². The lowest BCUT2D eigenvalue weighted by molar-refractivity contribution is 0.414. The number of ether oxygens (including phenoxy) is 1. The number of methoxy groups -OCH3 is 1. The summed E-state index contributed by atoms with van der Waals surface area (Å²) in [5.74, 6) is 1.80. The standard InChI is InChI=1S/C14H13ClN2O.C8H10O.C3H8/c1-8-4-12(15)14-16-10(3)13(17(14)6-8)11-5-9(2)18-7-11;1-7-3-5-8(9-2)6-4-7;1-3-2/h4-7H,1-3H3;3-6H,1-2H3;3H2,1-2H3. The number of pyridine rings is 1. The Morgan fingerprint density at radius 2 is 1.63 bits per heavy atom. The molecular weight excluding hydrogens is 396 g/mol. The molecule has 4 rings (SSSR count). The number of hydrogen-bond acceptors (Lipinski definition) is 3. The first kappa shape index (κ1) is 23.6. The SMILES string of the molecule is CCC.COc1ccc(C)cc1.Cc1cc(Cl)c2nc(C)c(-c3coc(C)c3)n2c1. The number of aryl methyl sites for hydroxylation is 4. The molecule has 0 atom stereocenters. The number of fused-ring (bicyclic) bond motifs is 1. The molecule has 160 valence electrons. The third kappa shape index (κ3) is 5.90. The number of imidazole rings is 1. The van der Waals surface area contributed by atoms with E-state index in [1.165, 1.54) is 12.0 Å². The number of hydrogen-bond donors (Lipinski definition) is 0. The van der Waals surface area contributed by atoms with Gasteiger partial charge in [-0.1, -0.05) is 49.6 Å². The molecule has 0 fully saturated rings. The predicted molar refractivity (Wildman–Crippen MR) is 126 cm³/mol. The number of halogens is 1. The van der Waals surface area contributed by atoms with Crippen LogP contribution in [0.4, 0.5) is 0 Å². The van der Waals surface area contributed by atoms with Gasteiger partial charge >= 0.3 is 0 Å². The van der Waals surface area contributed by atoms with Gasteiger partial charge < -0.3 is 9.15 Å². The Kier molecular flexibility index (Phi) is 8.55. The van der Waals surface area contributed by atoms with E-state index >= 15 is 0 Å². The molecule has 0 saturated heterocycles. The molecule has 0 aliphatic rings. The molecule has 0 spiro atoms. The first-order chi connectivity index (χ1) is 14.3. The molecule has 0 aliphatic carbocycles. The van der Waals surface area contributed by atoms with E-state index in [0.717, 1.165) is 39.7 Å². The zero-order chi connectivity index (χ0) is 22.3. The normalized spacial score (nSPS) is 10.1. The minimum atomic E-state index is 0.671. The fourth-order valence-electron chi connectivity index (χ4n) is 2.94. The number of furan rings is 1. The molecule has 30 heavy (non-hydrogen) atoms. The third-order valence-corrected chi connectivity index (χ3v) is 4.52. The number of benzene rings is 1. The van der Waals surface area contributed by atoms with E-state index in [1.807, 2.05) is 67.8 Å². The minimum Gasteiger partial charge on any atom is -0.497 e. The van der Waals surface area contributed by atoms with Crippen molar-refractivity contribution in [3.8, 4) is 17.0 Å². The van der Waals surface area contributed by atoms with Gasteiger partial charge in [0, 0.05) is 11.8 Å². The zero-order valence-corrected chi connectivity index (χ0v) is 19.7. The van der Waals surface area contributed by atoms with Crippen molar-refractivity contribution < 1.29 is 9.15 Å². The first-order valence-corrected chi connectivity index (χ1v) is 10.5. The summed E-state index contributed by atoms with van der Waals surface area (Å²) in [5, 5.41) is 0.671. The summed E-state index contributed by atoms with van der Waals surface area (Å²) < 4.78 is 12.4. The van der Waals surface area contributed by atoms with Crippen molar-refractivity contribution in [2.45, 2.75) is 48.0 Å². The van der Waals surface area contributed by atoms with Crippen molar-refractivity contribution in [1.29, 1.82) is 0 Å². The van der Waals surface area contributed by atoms with Gasteiger partial charge in [-0.15, -0.1) is 0 Å². The fourth-order valence-corrected chi connectivity index (χ4v) is 3.24. The van der Waals surface area contributed by atoms with Gasteiger partial charge in [-0.05, 0) is 57.5 Å². The lowest BCUT2D eigenvalue weighted by Gasteiger charge is -2.02. The summed E-state index contributed by atoms with van der Waals surface area (Å²) in [7, 11) is 1.67. The molecule has 4 aromatic rings. The Morgan fingerprint density at radius 3 is 2.17 bits per heavy atom. The summed E-state index contributed by atoms with van der Waals surface area (Å²) in [4.78, 5) is 4.53. The average Bonchev–Trinajstić information content (AvgIpc) is 3.26. The maximum absolute atomic E-state index is 6.23. The highest BCUT2D eigenvalue weighted by Crippen LogP contribution is 2.29. The molecule has 3 heterocycles. The van der Waals surface area contributed by atoms with Crippen molar-refractivity contribution >= 4 is 17.2 Å². The molecule has 0 saturated carbocycles. The maximum atomic E-state index is 6.23. The highest BCUT2D eigenvalue weighted by atomic mass is 35.5. The molecule has 0 aliphatic heterocycles. The largest absolute Gasteiger partial charge is 0.497 e. The van der Waals surface area contributed by atoms with Crippen LogP contribution in [0.2, 0.25) is 5.02 Å². The van der Waals surface area contributed by atoms with E-state index in [-0.39, 0.29) is 0 Å². The number of nitrogens with zero attached hydrogens (tertiary/aromatic N) is 2. The number of aromatic nitrogens is 2. The Balaban J connectivity index is 0.000000224. The summed E-state index contributed by atoms with van der Waals surface area (Å²) in [6.07, 6.45) is 5.04. The van der Waals surface area contributed by atoms with E-state index < -0.39 is 0 Å². The highest BCUT2D eigenvalue weighted by molar-refractivity contribution is 6.33. The molecule has 1 aromatic carbocycles. The van der Waals surface area contributed by atoms with Crippen LogP contribution < -0.4 is 4.74 Å². The maximum Gasteiger partial charge on any atom is 0.156 e. The Bertz CT molecular complexity index is 1080. The predicted octanol–water partition coefficient (Wildman–Crippen LogP) is 7.59. The Labute approximate surface area is 184 Å². The molecule has 0 unspecified atom stereocenters. The Hall–Kier alpha value is -2.72. The van der Waals surface area contributed by atoms with Gasteiger partial charge in [-0.25, -0.2) is 4.98 Å². The van der Waals surface area contributed by atoms with Crippen molar-refractivity contribution in [3.63, 3.8) is 0 Å². The van der Waals surface area contributed by atoms with Crippen LogP contribution in [0.15, 0.2) is 53.3 Å². The molecule has 3 aromatic heterocycles. The molecule has 4 nitrogen and oxygen atoms in total. The van der Waals surface area contributed by atoms with Crippen LogP contribution in [0, 0.1) is 27.7 Å². The first-order valence-electron chi connectivity index (χ1n) is 10.1. The highest BCUT2D eigenvalue weighted by Gasteiger charge is 2.15. The summed E-state index contributed by atoms with van der Waals surface area (Å²) in [5.41, 5.74) is 6.16. The monoisotopic (exact) mass is 426 g/mol. The van der Waals surface area contributed by atoms with Gasteiger partial charge in [0.05, 0.1) is 23.5 Å². The van der Waals surface area contributed by atoms with E-state index in [2.05, 4.69) is 25.8 Å². The molecule has 5 heteroatoms. The van der Waals surface area contributed by atoms with Crippen molar-refractivity contribution in [3.05, 3.63) is 76.5 Å². The second kappa shape index (κ2) is 10.9. The van der Waals surface area contributed by atoms with E-state index in [1.54, 1.807) is 13.4 Å². The molecule has 0 bridgehead atoms. The van der Waals surface area contributed by atoms with Gasteiger partial charge in [-0.2, -0.15) is 0 Å². The van der Waals surface area contributed by atoms with Gasteiger partial charge in [-0.3, -0.25) is 4.40 Å². The van der Waals surface area contributed by atoms with Crippen molar-refractivity contribution in [2.24, 2.45) is 0 Å². The topological polar surface area (TPSA) is 39.7 Å². The second-order valence-corrected chi connectivity index (χ2v) is 7.68. The fraction of sp³-hybridized carbons (Fsp3) is 0.320. The van der Waals surface area contributed by atoms with E-state index in [4.69, 9.17) is 20.8 Å². The summed E-state index contributed by atoms with van der Waals surface area (Å²) >= 11 is 6.23. The average molecular weight is 427 g/mol. The van der Waals surface area contributed by atoms with Crippen LogP contribution in [-0.2, 0) is 0 Å². The van der Waals surface area contributed by atoms with E-state index in [0.29, 0.717) is 5.02 Å². The van der Waals surface area contributed by atoms with Crippen LogP contribution >= 0.6 is 11.6 Å². The van der Waals surface area contributed by atoms with Crippen LogP contribution in [0.3, 0.4) is 0 Å². The van der Waals surface area contributed by atoms with E-state index in [9.17, 15) is 0 Å². The smallest absolute Gasteiger partial charge is 0.156 e. The Morgan fingerprint density at radius 1 is 1.00 bits per heavy atom. The van der Waals surface area contributed by atoms with Crippen molar-refractivity contribution in [1.82, 2.24) is 9.38 Å². The van der Waals surface area contributed by atoms with Crippen molar-refractivity contribution in [2.75, 3.05) is 7.11 Å². The van der Waals surface area contributed by atoms with Gasteiger partial charge in [0.15, 0.2) is 5.65 Å². The molecular formula is C25H31ClN2O2. The minimum absolute atomic E-state index is 0.671. The van der Waals surface area contributed by atoms with Gasteiger partial charge in [0.25, 0.3) is 0 Å². The number of rotatable bonds is 2. The van der Waals surface area contributed by atoms with Crippen LogP contribution in [0.25, 0.3) is 16.9 Å². The molecule has 0 N–H and O–H groups in total. The zero-order valence-electron chi connectivity index (χ0n) is 18.9. The molecule has 0 radical (unpaired) electrons. The van der Waals surface area contributed by atoms with Crippen LogP contribution in [-0.4, -0.2) is 16.5 Å². The third-order valence-electron chi connectivity index (χ3n) is 4.25.